The molecule has 6 rings (SSSR count). The molecule has 1 aliphatic heterocycles. The van der Waals surface area contributed by atoms with Crippen LogP contribution in [0.3, 0.4) is 0 Å². The number of hydrogen-bond donors (Lipinski definition) is 0. The molecule has 2 aromatic heterocycles. The number of benzene rings is 3. The summed E-state index contributed by atoms with van der Waals surface area (Å²) in [5.74, 6) is -1.09. The highest BCUT2D eigenvalue weighted by molar-refractivity contribution is 7.90. The van der Waals surface area contributed by atoms with Crippen molar-refractivity contribution in [2.45, 2.75) is 44.0 Å². The first-order valence-corrected chi connectivity index (χ1v) is 15.0. The van der Waals surface area contributed by atoms with E-state index in [4.69, 9.17) is 9.51 Å². The highest BCUT2D eigenvalue weighted by atomic mass is 32.2. The molecular weight excluding hydrogens is 550 g/mol. The topological polar surface area (TPSA) is 98.3 Å². The quantitative estimate of drug-likeness (QED) is 0.246. The molecule has 0 unspecified atom stereocenters. The van der Waals surface area contributed by atoms with E-state index in [0.29, 0.717) is 35.6 Å². The van der Waals surface area contributed by atoms with E-state index < -0.39 is 27.5 Å². The highest BCUT2D eigenvalue weighted by Crippen LogP contribution is 2.39. The monoisotopic (exact) mass is 576 g/mol. The number of hydrogen-bond acceptors (Lipinski definition) is 6. The molecule has 0 saturated carbocycles. The standard InChI is InChI=1S/C30H26F2N4O4S/c1-17-29(18(2)40-34-17)19-7-14-26-25(15-19)33-30(36(26)20-8-11-22(12-9-20)41(3,38)39)27-5-4-6-28(37)35(27)21-10-13-23(31)24(32)16-21/h7-16,27H,4-6H2,1-3H3/t27-/m0/s1. The third-order valence-corrected chi connectivity index (χ3v) is 8.58. The predicted molar refractivity (Wildman–Crippen MR) is 150 cm³/mol. The minimum atomic E-state index is -3.42. The lowest BCUT2D eigenvalue weighted by atomic mass is 9.99. The smallest absolute Gasteiger partial charge is 0.227 e. The number of amides is 1. The summed E-state index contributed by atoms with van der Waals surface area (Å²) < 4.78 is 59.5. The van der Waals surface area contributed by atoms with Crippen LogP contribution in [-0.4, -0.2) is 35.3 Å². The zero-order valence-corrected chi connectivity index (χ0v) is 23.4. The highest BCUT2D eigenvalue weighted by Gasteiger charge is 2.35. The fourth-order valence-electron chi connectivity index (χ4n) is 5.56. The lowest BCUT2D eigenvalue weighted by Gasteiger charge is -2.35. The molecule has 0 aliphatic carbocycles. The molecule has 3 aromatic carbocycles. The lowest BCUT2D eigenvalue weighted by Crippen LogP contribution is -2.39. The van der Waals surface area contributed by atoms with Crippen molar-refractivity contribution >= 4 is 32.5 Å². The van der Waals surface area contributed by atoms with Crippen LogP contribution >= 0.6 is 0 Å². The van der Waals surface area contributed by atoms with E-state index in [0.717, 1.165) is 40.7 Å². The van der Waals surface area contributed by atoms with Crippen molar-refractivity contribution in [3.8, 4) is 16.8 Å². The summed E-state index contributed by atoms with van der Waals surface area (Å²) in [6.45, 7) is 3.69. The number of rotatable bonds is 5. The maximum Gasteiger partial charge on any atom is 0.227 e. The Labute approximate surface area is 235 Å². The Balaban J connectivity index is 1.57. The van der Waals surface area contributed by atoms with E-state index >= 15 is 0 Å². The Hall–Kier alpha value is -4.38. The van der Waals surface area contributed by atoms with Crippen LogP contribution in [0, 0.1) is 25.5 Å². The molecule has 0 bridgehead atoms. The van der Waals surface area contributed by atoms with Crippen molar-refractivity contribution in [1.82, 2.24) is 14.7 Å². The average molecular weight is 577 g/mol. The Morgan fingerprint density at radius 1 is 0.951 bits per heavy atom. The van der Waals surface area contributed by atoms with Crippen LogP contribution in [0.4, 0.5) is 14.5 Å². The third kappa shape index (κ3) is 4.69. The van der Waals surface area contributed by atoms with Gasteiger partial charge in [0.2, 0.25) is 5.91 Å². The van der Waals surface area contributed by atoms with Crippen molar-refractivity contribution in [1.29, 1.82) is 0 Å². The van der Waals surface area contributed by atoms with Gasteiger partial charge < -0.3 is 9.42 Å². The second-order valence-electron chi connectivity index (χ2n) is 10.2. The molecule has 1 saturated heterocycles. The summed E-state index contributed by atoms with van der Waals surface area (Å²) in [6.07, 6.45) is 2.52. The van der Waals surface area contributed by atoms with Crippen LogP contribution in [0.25, 0.3) is 27.8 Å². The van der Waals surface area contributed by atoms with Crippen LogP contribution in [0.5, 0.6) is 0 Å². The molecule has 11 heteroatoms. The molecular formula is C30H26F2N4O4S. The van der Waals surface area contributed by atoms with Gasteiger partial charge in [-0.1, -0.05) is 11.2 Å². The van der Waals surface area contributed by atoms with Gasteiger partial charge in [0.05, 0.1) is 27.7 Å². The largest absolute Gasteiger partial charge is 0.361 e. The molecule has 0 spiro atoms. The van der Waals surface area contributed by atoms with Gasteiger partial charge in [-0.15, -0.1) is 0 Å². The molecule has 210 valence electrons. The first-order chi connectivity index (χ1) is 19.5. The molecule has 3 heterocycles. The first kappa shape index (κ1) is 26.8. The maximum atomic E-state index is 14.3. The summed E-state index contributed by atoms with van der Waals surface area (Å²) in [5, 5.41) is 4.06. The normalized spacial score (nSPS) is 16.1. The molecule has 1 aliphatic rings. The van der Waals surface area contributed by atoms with Gasteiger partial charge in [-0.05, 0) is 80.8 Å². The van der Waals surface area contributed by atoms with E-state index in [1.807, 2.05) is 36.6 Å². The Morgan fingerprint density at radius 3 is 2.34 bits per heavy atom. The van der Waals surface area contributed by atoms with E-state index in [1.165, 1.54) is 23.1 Å². The fraction of sp³-hybridized carbons (Fsp3) is 0.233. The zero-order valence-electron chi connectivity index (χ0n) is 22.6. The second kappa shape index (κ2) is 9.91. The number of nitrogens with zero attached hydrogens (tertiary/aromatic N) is 4. The van der Waals surface area contributed by atoms with Crippen molar-refractivity contribution in [3.63, 3.8) is 0 Å². The summed E-state index contributed by atoms with van der Waals surface area (Å²) in [7, 11) is -3.42. The van der Waals surface area contributed by atoms with E-state index in [-0.39, 0.29) is 22.9 Å². The van der Waals surface area contributed by atoms with E-state index in [1.54, 1.807) is 12.1 Å². The average Bonchev–Trinajstić information content (AvgIpc) is 3.48. The molecule has 41 heavy (non-hydrogen) atoms. The minimum absolute atomic E-state index is 0.171. The minimum Gasteiger partial charge on any atom is -0.361 e. The van der Waals surface area contributed by atoms with E-state index in [2.05, 4.69) is 5.16 Å². The number of sulfone groups is 1. The van der Waals surface area contributed by atoms with Gasteiger partial charge in [0.1, 0.15) is 11.6 Å². The van der Waals surface area contributed by atoms with Crippen LogP contribution < -0.4 is 4.90 Å². The first-order valence-electron chi connectivity index (χ1n) is 13.1. The maximum absolute atomic E-state index is 14.3. The van der Waals surface area contributed by atoms with Crippen LogP contribution in [0.2, 0.25) is 0 Å². The van der Waals surface area contributed by atoms with Crippen LogP contribution in [-0.2, 0) is 14.6 Å². The van der Waals surface area contributed by atoms with Gasteiger partial charge in [-0.3, -0.25) is 9.36 Å². The molecule has 1 fully saturated rings. The number of piperidine rings is 1. The summed E-state index contributed by atoms with van der Waals surface area (Å²) in [4.78, 5) is 19.9. The number of anilines is 1. The summed E-state index contributed by atoms with van der Waals surface area (Å²) in [6, 6.07) is 15.0. The molecule has 1 atom stereocenters. The predicted octanol–water partition coefficient (Wildman–Crippen LogP) is 6.24. The van der Waals surface area contributed by atoms with E-state index in [9.17, 15) is 22.0 Å². The van der Waals surface area contributed by atoms with Gasteiger partial charge >= 0.3 is 0 Å². The Bertz CT molecular complexity index is 1910. The van der Waals surface area contributed by atoms with Gasteiger partial charge in [0.15, 0.2) is 21.5 Å². The SMILES string of the molecule is Cc1noc(C)c1-c1ccc2c(c1)nc([C@@H]1CCCC(=O)N1c1ccc(F)c(F)c1)n2-c1ccc(S(C)(=O)=O)cc1. The van der Waals surface area contributed by atoms with Gasteiger partial charge in [0.25, 0.3) is 0 Å². The molecule has 0 N–H and O–H groups in total. The van der Waals surface area contributed by atoms with Crippen molar-refractivity contribution in [3.05, 3.63) is 89.6 Å². The van der Waals surface area contributed by atoms with Gasteiger partial charge in [-0.25, -0.2) is 22.2 Å². The molecule has 5 aromatic rings. The van der Waals surface area contributed by atoms with Crippen molar-refractivity contribution < 1.29 is 26.5 Å². The molecule has 0 radical (unpaired) electrons. The van der Waals surface area contributed by atoms with Crippen molar-refractivity contribution in [2.24, 2.45) is 0 Å². The number of imidazole rings is 1. The molecule has 8 nitrogen and oxygen atoms in total. The zero-order chi connectivity index (χ0) is 29.1. The Kier molecular flexibility index (Phi) is 6.49. The Morgan fingerprint density at radius 2 is 1.68 bits per heavy atom. The van der Waals surface area contributed by atoms with Gasteiger partial charge in [0, 0.05) is 35.7 Å². The van der Waals surface area contributed by atoms with Gasteiger partial charge in [-0.2, -0.15) is 0 Å². The number of carbonyl (C=O) groups is 1. The number of halogens is 2. The summed E-state index contributed by atoms with van der Waals surface area (Å²) in [5.41, 5.74) is 4.69. The number of carbonyl (C=O) groups excluding carboxylic acids is 1. The number of fused-ring (bicyclic) bond motifs is 1. The summed E-state index contributed by atoms with van der Waals surface area (Å²) >= 11 is 0. The fourth-order valence-corrected chi connectivity index (χ4v) is 6.19. The number of aromatic nitrogens is 3. The number of aryl methyl sites for hydroxylation is 2. The molecule has 1 amide bonds. The second-order valence-corrected chi connectivity index (χ2v) is 12.3. The van der Waals surface area contributed by atoms with Crippen LogP contribution in [0.1, 0.15) is 42.6 Å². The van der Waals surface area contributed by atoms with Crippen molar-refractivity contribution in [2.75, 3.05) is 11.2 Å². The lowest BCUT2D eigenvalue weighted by molar-refractivity contribution is -0.120. The third-order valence-electron chi connectivity index (χ3n) is 7.45. The van der Waals surface area contributed by atoms with Crippen LogP contribution in [0.15, 0.2) is 70.1 Å².